The number of hydrogen-bond acceptors (Lipinski definition) is 8. The summed E-state index contributed by atoms with van der Waals surface area (Å²) in [5, 5.41) is 20.3. The number of piperidine rings is 1. The molecule has 5 rings (SSSR count). The molecule has 1 amide bonds. The van der Waals surface area contributed by atoms with Crippen molar-refractivity contribution in [2.75, 3.05) is 50.2 Å². The first-order valence-electron chi connectivity index (χ1n) is 13.3. The van der Waals surface area contributed by atoms with Gasteiger partial charge >= 0.3 is 0 Å². The van der Waals surface area contributed by atoms with Gasteiger partial charge in [0.1, 0.15) is 11.7 Å². The number of primary amides is 1. The predicted octanol–water partition coefficient (Wildman–Crippen LogP) is 2.78. The molecule has 12 heteroatoms. The van der Waals surface area contributed by atoms with Crippen molar-refractivity contribution in [2.24, 2.45) is 10.7 Å². The van der Waals surface area contributed by atoms with E-state index in [4.69, 9.17) is 20.2 Å². The van der Waals surface area contributed by atoms with E-state index in [1.165, 1.54) is 12.1 Å². The number of hydrogen-bond donors (Lipinski definition) is 4. The second-order valence-corrected chi connectivity index (χ2v) is 9.92. The number of aromatic nitrogens is 2. The van der Waals surface area contributed by atoms with E-state index in [1.807, 2.05) is 17.0 Å². The Kier molecular flexibility index (Phi) is 8.46. The number of amidine groups is 1. The number of nitrogens with one attached hydrogen (secondary N) is 2. The summed E-state index contributed by atoms with van der Waals surface area (Å²) in [7, 11) is 1.57. The molecule has 0 spiro atoms. The summed E-state index contributed by atoms with van der Waals surface area (Å²) in [4.78, 5) is 20.2. The van der Waals surface area contributed by atoms with Crippen molar-refractivity contribution in [1.29, 1.82) is 0 Å². The van der Waals surface area contributed by atoms with Gasteiger partial charge in [-0.1, -0.05) is 6.07 Å². The standard InChI is InChI=1S/C28H34FN7O4/c1-39-24-14-22-23(15-25(24)40-10-4-9-35-8-3-7-21(37)16-35)31-17-36(20-6-2-5-18(29)11-20)28(22)32-27-13-19(33-34-27)12-26(30)38/h2,5-6,11,13-15,21,31,37H,3-4,7-10,12,16-17H2,1H3,(H2,30,38)(H,33,34). The average molecular weight is 552 g/mol. The van der Waals surface area contributed by atoms with Crippen LogP contribution in [0, 0.1) is 5.82 Å². The maximum absolute atomic E-state index is 14.2. The molecular formula is C28H34FN7O4. The van der Waals surface area contributed by atoms with Crippen LogP contribution in [0.25, 0.3) is 0 Å². The summed E-state index contributed by atoms with van der Waals surface area (Å²) < 4.78 is 25.9. The first kappa shape index (κ1) is 27.4. The van der Waals surface area contributed by atoms with Crippen molar-refractivity contribution < 1.29 is 23.8 Å². The van der Waals surface area contributed by atoms with Gasteiger partial charge in [-0.3, -0.25) is 9.89 Å². The Hall–Kier alpha value is -4.16. The van der Waals surface area contributed by atoms with E-state index < -0.39 is 5.91 Å². The summed E-state index contributed by atoms with van der Waals surface area (Å²) in [6.45, 7) is 3.36. The van der Waals surface area contributed by atoms with E-state index in [-0.39, 0.29) is 18.3 Å². The van der Waals surface area contributed by atoms with Crippen LogP contribution >= 0.6 is 0 Å². The maximum Gasteiger partial charge on any atom is 0.223 e. The van der Waals surface area contributed by atoms with Crippen molar-refractivity contribution in [1.82, 2.24) is 15.1 Å². The number of aliphatic imine (C=N–C) groups is 1. The number of fused-ring (bicyclic) bond motifs is 1. The summed E-state index contributed by atoms with van der Waals surface area (Å²) in [5.74, 6) is 1.13. The van der Waals surface area contributed by atoms with E-state index in [0.717, 1.165) is 38.0 Å². The van der Waals surface area contributed by atoms with Gasteiger partial charge in [0.25, 0.3) is 0 Å². The molecule has 5 N–H and O–H groups in total. The Morgan fingerprint density at radius 3 is 2.92 bits per heavy atom. The monoisotopic (exact) mass is 551 g/mol. The van der Waals surface area contributed by atoms with Crippen LogP contribution in [0.1, 0.15) is 30.5 Å². The van der Waals surface area contributed by atoms with E-state index in [0.29, 0.717) is 59.9 Å². The third-order valence-electron chi connectivity index (χ3n) is 6.91. The van der Waals surface area contributed by atoms with Crippen molar-refractivity contribution in [3.8, 4) is 11.5 Å². The Bertz CT molecular complexity index is 1380. The van der Waals surface area contributed by atoms with E-state index in [1.54, 1.807) is 25.3 Å². The lowest BCUT2D eigenvalue weighted by Gasteiger charge is -2.33. The third kappa shape index (κ3) is 6.52. The molecule has 0 radical (unpaired) electrons. The number of rotatable bonds is 10. The number of nitrogens with zero attached hydrogens (tertiary/aromatic N) is 4. The molecule has 40 heavy (non-hydrogen) atoms. The van der Waals surface area contributed by atoms with Gasteiger partial charge < -0.3 is 35.4 Å². The molecule has 2 aliphatic heterocycles. The minimum Gasteiger partial charge on any atom is -0.493 e. The molecule has 0 aliphatic carbocycles. The smallest absolute Gasteiger partial charge is 0.223 e. The molecule has 2 aromatic carbocycles. The number of β-amino-alcohol motifs (C(OH)–C–C–N with tert-alkyl or cyclic N) is 1. The fraction of sp³-hybridized carbons (Fsp3) is 0.393. The van der Waals surface area contributed by atoms with Gasteiger partial charge in [-0.2, -0.15) is 5.10 Å². The molecule has 212 valence electrons. The molecule has 1 atom stereocenters. The van der Waals surface area contributed by atoms with Crippen LogP contribution in [-0.2, 0) is 11.2 Å². The summed E-state index contributed by atoms with van der Waals surface area (Å²) in [6.07, 6.45) is 2.45. The number of anilines is 2. The molecule has 1 saturated heterocycles. The second-order valence-electron chi connectivity index (χ2n) is 9.92. The molecule has 0 bridgehead atoms. The number of aliphatic hydroxyl groups is 1. The topological polar surface area (TPSA) is 141 Å². The number of carbonyl (C=O) groups excluding carboxylic acids is 1. The van der Waals surface area contributed by atoms with Crippen molar-refractivity contribution in [3.63, 3.8) is 0 Å². The largest absolute Gasteiger partial charge is 0.493 e. The quantitative estimate of drug-likeness (QED) is 0.282. The van der Waals surface area contributed by atoms with Gasteiger partial charge in [-0.05, 0) is 50.1 Å². The minimum absolute atomic E-state index is 0.0104. The number of ether oxygens (including phenoxy) is 2. The first-order valence-corrected chi connectivity index (χ1v) is 13.3. The van der Waals surface area contributed by atoms with Crippen LogP contribution in [0.4, 0.5) is 21.6 Å². The molecule has 2 aliphatic rings. The first-order chi connectivity index (χ1) is 19.4. The van der Waals surface area contributed by atoms with Crippen molar-refractivity contribution in [2.45, 2.75) is 31.8 Å². The summed E-state index contributed by atoms with van der Waals surface area (Å²) in [6, 6.07) is 11.6. The number of aliphatic hydroxyl groups excluding tert-OH is 1. The molecule has 0 saturated carbocycles. The lowest BCUT2D eigenvalue weighted by molar-refractivity contribution is -0.117. The summed E-state index contributed by atoms with van der Waals surface area (Å²) in [5.41, 5.74) is 7.94. The van der Waals surface area contributed by atoms with Gasteiger partial charge in [-0.15, -0.1) is 0 Å². The number of H-pyrrole nitrogens is 1. The lowest BCUT2D eigenvalue weighted by Crippen LogP contribution is -2.40. The van der Waals surface area contributed by atoms with Gasteiger partial charge in [0.2, 0.25) is 5.91 Å². The van der Waals surface area contributed by atoms with Gasteiger partial charge in [0.15, 0.2) is 17.3 Å². The van der Waals surface area contributed by atoms with E-state index >= 15 is 0 Å². The minimum atomic E-state index is -0.484. The SMILES string of the molecule is COc1cc2c(cc1OCCCN1CCCC(O)C1)NCN(c1cccc(F)c1)C2=Nc1cc(CC(N)=O)[nH]n1. The van der Waals surface area contributed by atoms with Crippen molar-refractivity contribution in [3.05, 3.63) is 59.5 Å². The number of methoxy groups -OCH3 is 1. The Morgan fingerprint density at radius 2 is 2.15 bits per heavy atom. The van der Waals surface area contributed by atoms with Crippen LogP contribution < -0.4 is 25.4 Å². The zero-order valence-corrected chi connectivity index (χ0v) is 22.4. The number of likely N-dealkylation sites (tertiary alicyclic amines) is 1. The highest BCUT2D eigenvalue weighted by atomic mass is 19.1. The number of carbonyl (C=O) groups is 1. The van der Waals surface area contributed by atoms with Crippen LogP contribution in [0.3, 0.4) is 0 Å². The number of benzene rings is 2. The van der Waals surface area contributed by atoms with E-state index in [9.17, 15) is 14.3 Å². The van der Waals surface area contributed by atoms with Gasteiger partial charge in [0, 0.05) is 42.2 Å². The summed E-state index contributed by atoms with van der Waals surface area (Å²) >= 11 is 0. The molecule has 11 nitrogen and oxygen atoms in total. The molecule has 1 aromatic heterocycles. The maximum atomic E-state index is 14.2. The van der Waals surface area contributed by atoms with E-state index in [2.05, 4.69) is 20.4 Å². The zero-order chi connectivity index (χ0) is 28.1. The predicted molar refractivity (Wildman–Crippen MR) is 150 cm³/mol. The number of nitrogens with two attached hydrogens (primary N) is 1. The third-order valence-corrected chi connectivity index (χ3v) is 6.91. The highest BCUT2D eigenvalue weighted by Gasteiger charge is 2.27. The van der Waals surface area contributed by atoms with Gasteiger partial charge in [-0.25, -0.2) is 9.38 Å². The fourth-order valence-electron chi connectivity index (χ4n) is 5.02. The van der Waals surface area contributed by atoms with Crippen LogP contribution in [0.5, 0.6) is 11.5 Å². The van der Waals surface area contributed by atoms with Crippen LogP contribution in [0.15, 0.2) is 47.5 Å². The molecule has 1 unspecified atom stereocenters. The Balaban J connectivity index is 1.41. The van der Waals surface area contributed by atoms with Crippen LogP contribution in [0.2, 0.25) is 0 Å². The molecule has 1 fully saturated rings. The highest BCUT2D eigenvalue weighted by Crippen LogP contribution is 2.38. The molecule has 3 heterocycles. The molecular weight excluding hydrogens is 517 g/mol. The van der Waals surface area contributed by atoms with Crippen molar-refractivity contribution >= 4 is 28.9 Å². The number of amides is 1. The lowest BCUT2D eigenvalue weighted by atomic mass is 10.1. The Labute approximate surface area is 231 Å². The Morgan fingerprint density at radius 1 is 1.27 bits per heavy atom. The highest BCUT2D eigenvalue weighted by molar-refractivity contribution is 6.16. The molecule has 3 aromatic rings. The number of halogens is 1. The fourth-order valence-corrected chi connectivity index (χ4v) is 5.02. The average Bonchev–Trinajstić information content (AvgIpc) is 3.36. The van der Waals surface area contributed by atoms with Gasteiger partial charge in [0.05, 0.1) is 38.6 Å². The number of aromatic amines is 1. The second kappa shape index (κ2) is 12.3. The normalized spacial score (nSPS) is 18.3. The van der Waals surface area contributed by atoms with Crippen LogP contribution in [-0.4, -0.2) is 78.1 Å². The zero-order valence-electron chi connectivity index (χ0n) is 22.4.